The lowest BCUT2D eigenvalue weighted by molar-refractivity contribution is -0.123. The zero-order valence-corrected chi connectivity index (χ0v) is 11.3. The molecule has 3 nitrogen and oxygen atoms in total. The molecule has 3 heteroatoms. The lowest BCUT2D eigenvalue weighted by Crippen LogP contribution is -2.48. The Hall–Kier alpha value is -0.570. The van der Waals surface area contributed by atoms with Gasteiger partial charge >= 0.3 is 0 Å². The molecule has 1 amide bonds. The Labute approximate surface area is 105 Å². The van der Waals surface area contributed by atoms with Gasteiger partial charge in [-0.05, 0) is 37.5 Å². The van der Waals surface area contributed by atoms with Crippen LogP contribution in [0.5, 0.6) is 0 Å². The van der Waals surface area contributed by atoms with E-state index in [-0.39, 0.29) is 5.91 Å². The first-order valence-electron chi connectivity index (χ1n) is 7.10. The molecule has 3 atom stereocenters. The van der Waals surface area contributed by atoms with Gasteiger partial charge in [0.2, 0.25) is 5.91 Å². The molecular weight excluding hydrogens is 212 g/mol. The molecule has 2 aliphatic rings. The molecule has 3 unspecified atom stereocenters. The molecule has 2 rings (SSSR count). The van der Waals surface area contributed by atoms with E-state index in [1.165, 1.54) is 12.8 Å². The van der Waals surface area contributed by atoms with Crippen LogP contribution in [0, 0.1) is 11.8 Å². The van der Waals surface area contributed by atoms with E-state index in [4.69, 9.17) is 0 Å². The molecule has 2 N–H and O–H groups in total. The molecule has 0 spiro atoms. The summed E-state index contributed by atoms with van der Waals surface area (Å²) < 4.78 is 0. The fourth-order valence-electron chi connectivity index (χ4n) is 2.99. The predicted molar refractivity (Wildman–Crippen MR) is 69.7 cm³/mol. The highest BCUT2D eigenvalue weighted by molar-refractivity contribution is 5.76. The van der Waals surface area contributed by atoms with Gasteiger partial charge in [0, 0.05) is 24.5 Å². The van der Waals surface area contributed by atoms with Crippen LogP contribution in [0.3, 0.4) is 0 Å². The Bertz CT molecular complexity index is 265. The minimum Gasteiger partial charge on any atom is -0.353 e. The van der Waals surface area contributed by atoms with Gasteiger partial charge in [-0.3, -0.25) is 4.79 Å². The molecule has 0 aromatic carbocycles. The summed E-state index contributed by atoms with van der Waals surface area (Å²) in [7, 11) is 0. The van der Waals surface area contributed by atoms with Crippen LogP contribution in [-0.2, 0) is 4.79 Å². The first kappa shape index (κ1) is 12.9. The minimum absolute atomic E-state index is 0.248. The maximum absolute atomic E-state index is 11.9. The molecule has 0 radical (unpaired) electrons. The van der Waals surface area contributed by atoms with Crippen molar-refractivity contribution in [1.29, 1.82) is 0 Å². The van der Waals surface area contributed by atoms with Crippen molar-refractivity contribution in [3.63, 3.8) is 0 Å². The van der Waals surface area contributed by atoms with E-state index < -0.39 is 0 Å². The summed E-state index contributed by atoms with van der Waals surface area (Å²) in [5.41, 5.74) is 0. The molecule has 2 aliphatic heterocycles. The smallest absolute Gasteiger partial charge is 0.220 e. The fourth-order valence-corrected chi connectivity index (χ4v) is 2.99. The number of amides is 1. The summed E-state index contributed by atoms with van der Waals surface area (Å²) >= 11 is 0. The third kappa shape index (κ3) is 3.44. The van der Waals surface area contributed by atoms with E-state index >= 15 is 0 Å². The molecule has 0 saturated carbocycles. The predicted octanol–water partition coefficient (Wildman–Crippen LogP) is 2.07. The van der Waals surface area contributed by atoms with Crippen molar-refractivity contribution in [3.8, 4) is 0 Å². The first-order chi connectivity index (χ1) is 8.04. The number of hydrogen-bond donors (Lipinski definition) is 2. The zero-order valence-electron chi connectivity index (χ0n) is 11.3. The van der Waals surface area contributed by atoms with Gasteiger partial charge < -0.3 is 10.6 Å². The van der Waals surface area contributed by atoms with Crippen LogP contribution in [-0.4, -0.2) is 24.0 Å². The standard InChI is InChI=1S/C14H26N2O/c1-9(2)10(3)6-14(17)16-13-7-11-4-5-12(8-13)15-11/h9-13,15H,4-8H2,1-3H3,(H,16,17). The third-order valence-electron chi connectivity index (χ3n) is 4.48. The second kappa shape index (κ2) is 5.38. The number of rotatable bonds is 4. The largest absolute Gasteiger partial charge is 0.353 e. The van der Waals surface area contributed by atoms with Crippen LogP contribution < -0.4 is 10.6 Å². The molecule has 17 heavy (non-hydrogen) atoms. The van der Waals surface area contributed by atoms with Crippen molar-refractivity contribution in [2.45, 2.75) is 71.0 Å². The average Bonchev–Trinajstić information content (AvgIpc) is 2.57. The number of hydrogen-bond acceptors (Lipinski definition) is 2. The second-order valence-electron chi connectivity index (χ2n) is 6.30. The molecule has 0 aliphatic carbocycles. The molecular formula is C14H26N2O. The summed E-state index contributed by atoms with van der Waals surface area (Å²) in [4.78, 5) is 11.9. The quantitative estimate of drug-likeness (QED) is 0.787. The van der Waals surface area contributed by atoms with Crippen LogP contribution in [0.25, 0.3) is 0 Å². The topological polar surface area (TPSA) is 41.1 Å². The first-order valence-corrected chi connectivity index (χ1v) is 7.10. The Kier molecular flexibility index (Phi) is 4.08. The highest BCUT2D eigenvalue weighted by Gasteiger charge is 2.34. The maximum atomic E-state index is 11.9. The third-order valence-corrected chi connectivity index (χ3v) is 4.48. The van der Waals surface area contributed by atoms with Crippen LogP contribution in [0.1, 0.15) is 52.9 Å². The highest BCUT2D eigenvalue weighted by Crippen LogP contribution is 2.27. The van der Waals surface area contributed by atoms with E-state index in [1.54, 1.807) is 0 Å². The number of fused-ring (bicyclic) bond motifs is 2. The van der Waals surface area contributed by atoms with Crippen molar-refractivity contribution >= 4 is 5.91 Å². The summed E-state index contributed by atoms with van der Waals surface area (Å²) in [6.45, 7) is 6.53. The van der Waals surface area contributed by atoms with Crippen LogP contribution in [0.15, 0.2) is 0 Å². The van der Waals surface area contributed by atoms with Crippen LogP contribution in [0.2, 0.25) is 0 Å². The van der Waals surface area contributed by atoms with E-state index in [0.717, 1.165) is 12.8 Å². The number of carbonyl (C=O) groups is 1. The van der Waals surface area contributed by atoms with Gasteiger partial charge in [0.05, 0.1) is 0 Å². The van der Waals surface area contributed by atoms with Gasteiger partial charge in [0.1, 0.15) is 0 Å². The van der Waals surface area contributed by atoms with Gasteiger partial charge in [0.25, 0.3) is 0 Å². The molecule has 2 fully saturated rings. The molecule has 2 bridgehead atoms. The van der Waals surface area contributed by atoms with E-state index in [1.807, 2.05) is 0 Å². The zero-order chi connectivity index (χ0) is 12.4. The Morgan fingerprint density at radius 2 is 1.82 bits per heavy atom. The molecule has 2 heterocycles. The van der Waals surface area contributed by atoms with Crippen molar-refractivity contribution in [3.05, 3.63) is 0 Å². The van der Waals surface area contributed by atoms with E-state index in [2.05, 4.69) is 31.4 Å². The minimum atomic E-state index is 0.248. The van der Waals surface area contributed by atoms with Gasteiger partial charge in [-0.2, -0.15) is 0 Å². The van der Waals surface area contributed by atoms with Crippen molar-refractivity contribution in [2.75, 3.05) is 0 Å². The van der Waals surface area contributed by atoms with E-state index in [9.17, 15) is 4.79 Å². The van der Waals surface area contributed by atoms with E-state index in [0.29, 0.717) is 36.4 Å². The summed E-state index contributed by atoms with van der Waals surface area (Å²) in [6, 6.07) is 1.73. The Balaban J connectivity index is 1.75. The average molecular weight is 238 g/mol. The molecule has 0 aromatic rings. The Morgan fingerprint density at radius 1 is 1.24 bits per heavy atom. The van der Waals surface area contributed by atoms with Gasteiger partial charge in [-0.25, -0.2) is 0 Å². The highest BCUT2D eigenvalue weighted by atomic mass is 16.1. The van der Waals surface area contributed by atoms with Gasteiger partial charge in [-0.1, -0.05) is 20.8 Å². The number of piperidine rings is 1. The molecule has 98 valence electrons. The van der Waals surface area contributed by atoms with Crippen molar-refractivity contribution in [2.24, 2.45) is 11.8 Å². The Morgan fingerprint density at radius 3 is 2.35 bits per heavy atom. The summed E-state index contributed by atoms with van der Waals surface area (Å²) in [6.07, 6.45) is 5.51. The van der Waals surface area contributed by atoms with Crippen LogP contribution in [0.4, 0.5) is 0 Å². The second-order valence-corrected chi connectivity index (χ2v) is 6.30. The molecule has 0 aromatic heterocycles. The van der Waals surface area contributed by atoms with Crippen LogP contribution >= 0.6 is 0 Å². The van der Waals surface area contributed by atoms with Gasteiger partial charge in [-0.15, -0.1) is 0 Å². The van der Waals surface area contributed by atoms with Crippen molar-refractivity contribution in [1.82, 2.24) is 10.6 Å². The normalized spacial score (nSPS) is 33.8. The molecule has 2 saturated heterocycles. The lowest BCUT2D eigenvalue weighted by atomic mass is 9.93. The summed E-state index contributed by atoms with van der Waals surface area (Å²) in [5.74, 6) is 1.32. The SMILES string of the molecule is CC(C)C(C)CC(=O)NC1CC2CCC(C1)N2. The number of nitrogens with one attached hydrogen (secondary N) is 2. The summed E-state index contributed by atoms with van der Waals surface area (Å²) in [5, 5.41) is 6.83. The fraction of sp³-hybridized carbons (Fsp3) is 0.929. The lowest BCUT2D eigenvalue weighted by Gasteiger charge is -2.30. The number of carbonyl (C=O) groups excluding carboxylic acids is 1. The maximum Gasteiger partial charge on any atom is 0.220 e. The van der Waals surface area contributed by atoms with Gasteiger partial charge in [0.15, 0.2) is 0 Å². The monoisotopic (exact) mass is 238 g/mol. The van der Waals surface area contributed by atoms with Crippen molar-refractivity contribution < 1.29 is 4.79 Å².